The highest BCUT2D eigenvalue weighted by molar-refractivity contribution is 6.05. The van der Waals surface area contributed by atoms with Crippen LogP contribution in [0, 0.1) is 0 Å². The van der Waals surface area contributed by atoms with Crippen LogP contribution in [-0.2, 0) is 16.1 Å². The van der Waals surface area contributed by atoms with E-state index < -0.39 is 18.1 Å². The minimum Gasteiger partial charge on any atom is -0.488 e. The summed E-state index contributed by atoms with van der Waals surface area (Å²) < 4.78 is 5.86. The molecule has 1 unspecified atom stereocenters. The molecule has 1 aromatic carbocycles. The summed E-state index contributed by atoms with van der Waals surface area (Å²) in [6.07, 6.45) is 2.44. The third-order valence-electron chi connectivity index (χ3n) is 5.20. The van der Waals surface area contributed by atoms with Crippen LogP contribution in [0.2, 0.25) is 0 Å². The summed E-state index contributed by atoms with van der Waals surface area (Å²) in [5.41, 5.74) is 1.36. The number of carbonyl (C=O) groups is 3. The summed E-state index contributed by atoms with van der Waals surface area (Å²) in [7, 11) is 0. The van der Waals surface area contributed by atoms with Crippen molar-refractivity contribution in [2.24, 2.45) is 0 Å². The molecule has 2 aliphatic heterocycles. The number of nitrogens with one attached hydrogen (secondary N) is 1. The fourth-order valence-corrected chi connectivity index (χ4v) is 3.84. The van der Waals surface area contributed by atoms with Crippen molar-refractivity contribution in [3.63, 3.8) is 0 Å². The van der Waals surface area contributed by atoms with E-state index in [4.69, 9.17) is 4.74 Å². The number of rotatable bonds is 3. The predicted molar refractivity (Wildman–Crippen MR) is 86.8 cm³/mol. The molecule has 7 nitrogen and oxygen atoms in total. The number of nitrogens with zero attached hydrogens (tertiary/aromatic N) is 1. The van der Waals surface area contributed by atoms with E-state index in [1.54, 1.807) is 12.1 Å². The summed E-state index contributed by atoms with van der Waals surface area (Å²) in [5.74, 6) is -0.279. The molecular formula is C18H20N2O5. The molecule has 2 heterocycles. The number of benzene rings is 1. The van der Waals surface area contributed by atoms with E-state index in [9.17, 15) is 19.5 Å². The van der Waals surface area contributed by atoms with E-state index in [0.29, 0.717) is 24.3 Å². The molecule has 0 aromatic heterocycles. The highest BCUT2D eigenvalue weighted by atomic mass is 16.5. The standard InChI is InChI=1S/C18H20N2O5/c21-14-2-1-3-15(14)25-11-4-5-12-10(8-11)9-20(18(12)24)13-6-7-16(22)19-17(13)23/h4-5,8,13-15,21H,1-3,6-7,9H2,(H,19,22,23)/t13?,14-,15-/m0/s1. The first kappa shape index (κ1) is 16.1. The molecule has 1 aromatic rings. The molecule has 1 saturated carbocycles. The largest absolute Gasteiger partial charge is 0.488 e. The van der Waals surface area contributed by atoms with Crippen LogP contribution in [0.1, 0.15) is 48.0 Å². The Morgan fingerprint density at radius 2 is 2.00 bits per heavy atom. The molecule has 132 valence electrons. The maximum Gasteiger partial charge on any atom is 0.255 e. The van der Waals surface area contributed by atoms with E-state index in [-0.39, 0.29) is 24.3 Å². The molecule has 3 aliphatic rings. The van der Waals surface area contributed by atoms with Crippen LogP contribution < -0.4 is 10.1 Å². The summed E-state index contributed by atoms with van der Waals surface area (Å²) >= 11 is 0. The summed E-state index contributed by atoms with van der Waals surface area (Å²) in [5, 5.41) is 12.2. The van der Waals surface area contributed by atoms with Crippen LogP contribution in [0.15, 0.2) is 18.2 Å². The molecule has 3 amide bonds. The molecule has 4 rings (SSSR count). The Bertz CT molecular complexity index is 747. The van der Waals surface area contributed by atoms with Gasteiger partial charge in [-0.15, -0.1) is 0 Å². The van der Waals surface area contributed by atoms with Gasteiger partial charge < -0.3 is 14.7 Å². The second kappa shape index (κ2) is 6.15. The van der Waals surface area contributed by atoms with Gasteiger partial charge in [0.2, 0.25) is 11.8 Å². The average Bonchev–Trinajstić information content (AvgIpc) is 3.12. The van der Waals surface area contributed by atoms with Gasteiger partial charge in [0.25, 0.3) is 5.91 Å². The van der Waals surface area contributed by atoms with Gasteiger partial charge in [-0.25, -0.2) is 0 Å². The lowest BCUT2D eigenvalue weighted by Gasteiger charge is -2.29. The maximum atomic E-state index is 12.6. The zero-order valence-electron chi connectivity index (χ0n) is 13.7. The molecular weight excluding hydrogens is 324 g/mol. The molecule has 7 heteroatoms. The second-order valence-corrected chi connectivity index (χ2v) is 6.87. The first-order chi connectivity index (χ1) is 12.0. The first-order valence-corrected chi connectivity index (χ1v) is 8.65. The molecule has 2 N–H and O–H groups in total. The predicted octanol–water partition coefficient (Wildman–Crippen LogP) is 0.740. The van der Waals surface area contributed by atoms with Gasteiger partial charge in [-0.2, -0.15) is 0 Å². The minimum atomic E-state index is -0.612. The normalized spacial score (nSPS) is 28.9. The fraction of sp³-hybridized carbons (Fsp3) is 0.500. The molecule has 2 fully saturated rings. The summed E-state index contributed by atoms with van der Waals surface area (Å²) in [6, 6.07) is 4.64. The lowest BCUT2D eigenvalue weighted by molar-refractivity contribution is -0.136. The van der Waals surface area contributed by atoms with Gasteiger partial charge >= 0.3 is 0 Å². The lowest BCUT2D eigenvalue weighted by Crippen LogP contribution is -2.52. The van der Waals surface area contributed by atoms with Crippen molar-refractivity contribution in [3.05, 3.63) is 29.3 Å². The third kappa shape index (κ3) is 2.89. The van der Waals surface area contributed by atoms with E-state index in [1.165, 1.54) is 4.90 Å². The summed E-state index contributed by atoms with van der Waals surface area (Å²) in [6.45, 7) is 0.324. The Hall–Kier alpha value is -2.41. The van der Waals surface area contributed by atoms with Crippen LogP contribution in [-0.4, -0.2) is 46.0 Å². The Morgan fingerprint density at radius 3 is 2.72 bits per heavy atom. The molecule has 0 spiro atoms. The molecule has 3 atom stereocenters. The summed E-state index contributed by atoms with van der Waals surface area (Å²) in [4.78, 5) is 37.5. The number of aliphatic hydroxyl groups excluding tert-OH is 1. The molecule has 25 heavy (non-hydrogen) atoms. The number of hydrogen-bond acceptors (Lipinski definition) is 5. The molecule has 0 bridgehead atoms. The van der Waals surface area contributed by atoms with Crippen LogP contribution in [0.25, 0.3) is 0 Å². The smallest absolute Gasteiger partial charge is 0.255 e. The Balaban J connectivity index is 1.51. The number of aliphatic hydroxyl groups is 1. The Morgan fingerprint density at radius 1 is 1.16 bits per heavy atom. The van der Waals surface area contributed by atoms with Gasteiger partial charge in [0.1, 0.15) is 17.9 Å². The van der Waals surface area contributed by atoms with Crippen LogP contribution >= 0.6 is 0 Å². The second-order valence-electron chi connectivity index (χ2n) is 6.87. The highest BCUT2D eigenvalue weighted by Crippen LogP contribution is 2.32. The van der Waals surface area contributed by atoms with Crippen molar-refractivity contribution in [2.75, 3.05) is 0 Å². The Labute approximate surface area is 144 Å². The molecule has 1 aliphatic carbocycles. The van der Waals surface area contributed by atoms with Gasteiger partial charge in [-0.1, -0.05) is 0 Å². The lowest BCUT2D eigenvalue weighted by atomic mass is 10.0. The van der Waals surface area contributed by atoms with Crippen molar-refractivity contribution < 1.29 is 24.2 Å². The minimum absolute atomic E-state index is 0.197. The Kier molecular flexibility index (Phi) is 3.95. The average molecular weight is 344 g/mol. The van der Waals surface area contributed by atoms with Crippen molar-refractivity contribution in [2.45, 2.75) is 56.9 Å². The van der Waals surface area contributed by atoms with Crippen molar-refractivity contribution in [1.82, 2.24) is 10.2 Å². The monoisotopic (exact) mass is 344 g/mol. The number of ether oxygens (including phenoxy) is 1. The zero-order valence-corrected chi connectivity index (χ0v) is 13.7. The van der Waals surface area contributed by atoms with Gasteiger partial charge in [-0.3, -0.25) is 19.7 Å². The first-order valence-electron chi connectivity index (χ1n) is 8.65. The quantitative estimate of drug-likeness (QED) is 0.789. The number of fused-ring (bicyclic) bond motifs is 1. The topological polar surface area (TPSA) is 95.9 Å². The van der Waals surface area contributed by atoms with E-state index >= 15 is 0 Å². The van der Waals surface area contributed by atoms with E-state index in [2.05, 4.69) is 5.32 Å². The molecule has 0 radical (unpaired) electrons. The number of amides is 3. The number of carbonyl (C=O) groups excluding carboxylic acids is 3. The van der Waals surface area contributed by atoms with E-state index in [1.807, 2.05) is 6.07 Å². The van der Waals surface area contributed by atoms with Crippen LogP contribution in [0.4, 0.5) is 0 Å². The van der Waals surface area contributed by atoms with Crippen LogP contribution in [0.5, 0.6) is 5.75 Å². The molecule has 1 saturated heterocycles. The highest BCUT2D eigenvalue weighted by Gasteiger charge is 2.39. The van der Waals surface area contributed by atoms with Crippen molar-refractivity contribution >= 4 is 17.7 Å². The van der Waals surface area contributed by atoms with Gasteiger partial charge in [0, 0.05) is 18.5 Å². The zero-order chi connectivity index (χ0) is 17.6. The van der Waals surface area contributed by atoms with Crippen LogP contribution in [0.3, 0.4) is 0 Å². The number of piperidine rings is 1. The van der Waals surface area contributed by atoms with Gasteiger partial charge in [0.15, 0.2) is 0 Å². The van der Waals surface area contributed by atoms with Crippen molar-refractivity contribution in [3.8, 4) is 5.75 Å². The van der Waals surface area contributed by atoms with Crippen molar-refractivity contribution in [1.29, 1.82) is 0 Å². The SMILES string of the molecule is O=C1CCC(N2Cc3cc(O[C@H]4CCC[C@@H]4O)ccc3C2=O)C(=O)N1. The van der Waals surface area contributed by atoms with Gasteiger partial charge in [0.05, 0.1) is 6.10 Å². The number of hydrogen-bond donors (Lipinski definition) is 2. The maximum absolute atomic E-state index is 12.6. The third-order valence-corrected chi connectivity index (χ3v) is 5.20. The van der Waals surface area contributed by atoms with E-state index in [0.717, 1.165) is 24.8 Å². The van der Waals surface area contributed by atoms with Gasteiger partial charge in [-0.05, 0) is 49.4 Å². The number of imide groups is 1. The fourth-order valence-electron chi connectivity index (χ4n) is 3.84.